The molecule has 1 heterocycles. The standard InChI is InChI=1S/C39H46N6O5/c1-26(46)43-35(21-28-13-16-33(47)17-14-28)37(48)44-36(22-27-8-3-2-4-9-27)38(49)45-24-29(20-32(45)12-7-19-42-39(40)41)25-50-34-18-15-30-10-5-6-11-31(30)23-34/h2-6,8-11,13-18,23,29,32,35-36,47H,7,12,19-22,24-25H2,1H3,(H,43,46)(H,44,48)(H4,40,41,42)/t29-,32+,35+,36-/m1/s1. The van der Waals surface area contributed by atoms with E-state index in [0.717, 1.165) is 34.1 Å². The molecule has 3 amide bonds. The molecular formula is C39H46N6O5. The fraction of sp³-hybridized carbons (Fsp3) is 0.333. The van der Waals surface area contributed by atoms with Gasteiger partial charge in [0, 0.05) is 44.8 Å². The van der Waals surface area contributed by atoms with Crippen LogP contribution in [-0.4, -0.2) is 71.5 Å². The van der Waals surface area contributed by atoms with E-state index in [1.54, 1.807) is 12.1 Å². The van der Waals surface area contributed by atoms with Crippen LogP contribution in [0.25, 0.3) is 10.8 Å². The van der Waals surface area contributed by atoms with E-state index < -0.39 is 18.0 Å². The summed E-state index contributed by atoms with van der Waals surface area (Å²) in [6.07, 6.45) is 2.53. The quantitative estimate of drug-likeness (QED) is 0.0725. The minimum atomic E-state index is -0.930. The minimum absolute atomic E-state index is 0.0256. The number of amides is 3. The molecule has 4 aromatic carbocycles. The van der Waals surface area contributed by atoms with Crippen molar-refractivity contribution in [3.8, 4) is 11.5 Å². The second kappa shape index (κ2) is 17.2. The highest BCUT2D eigenvalue weighted by molar-refractivity contribution is 5.92. The SMILES string of the molecule is CC(=O)N[C@@H](Cc1ccc(O)cc1)C(=O)N[C@H](Cc1ccccc1)C(=O)N1C[C@H](COc2ccc3ccccc3c2)C[C@@H]1CCCN=C(N)N. The molecule has 4 aromatic rings. The Kier molecular flexibility index (Phi) is 12.3. The van der Waals surface area contributed by atoms with Crippen LogP contribution < -0.4 is 26.8 Å². The number of phenols is 1. The number of likely N-dealkylation sites (tertiary alicyclic amines) is 1. The van der Waals surface area contributed by atoms with E-state index in [9.17, 15) is 19.5 Å². The van der Waals surface area contributed by atoms with E-state index in [4.69, 9.17) is 16.2 Å². The predicted octanol–water partition coefficient (Wildman–Crippen LogP) is 3.67. The average Bonchev–Trinajstić information content (AvgIpc) is 3.52. The molecule has 1 fully saturated rings. The molecule has 1 saturated heterocycles. The molecule has 0 radical (unpaired) electrons. The summed E-state index contributed by atoms with van der Waals surface area (Å²) in [6.45, 7) is 2.68. The van der Waals surface area contributed by atoms with Gasteiger partial charge in [-0.2, -0.15) is 0 Å². The maximum absolute atomic E-state index is 14.5. The number of ether oxygens (including phenoxy) is 1. The molecule has 11 nitrogen and oxygen atoms in total. The number of aliphatic imine (C=N–C) groups is 1. The second-order valence-corrected chi connectivity index (χ2v) is 12.9. The van der Waals surface area contributed by atoms with Crippen LogP contribution in [0.5, 0.6) is 11.5 Å². The van der Waals surface area contributed by atoms with Gasteiger partial charge in [-0.3, -0.25) is 19.4 Å². The van der Waals surface area contributed by atoms with Crippen LogP contribution in [-0.2, 0) is 27.2 Å². The van der Waals surface area contributed by atoms with Gasteiger partial charge in [-0.05, 0) is 65.4 Å². The molecule has 11 heteroatoms. The highest BCUT2D eigenvalue weighted by Gasteiger charge is 2.39. The van der Waals surface area contributed by atoms with Crippen LogP contribution in [0.3, 0.4) is 0 Å². The molecule has 1 aliphatic rings. The summed E-state index contributed by atoms with van der Waals surface area (Å²) in [7, 11) is 0. The van der Waals surface area contributed by atoms with Gasteiger partial charge in [0.1, 0.15) is 23.6 Å². The number of fused-ring (bicyclic) bond motifs is 1. The Morgan fingerprint density at radius 3 is 2.28 bits per heavy atom. The molecule has 1 aliphatic heterocycles. The van der Waals surface area contributed by atoms with E-state index in [-0.39, 0.29) is 48.3 Å². The van der Waals surface area contributed by atoms with Crippen molar-refractivity contribution < 1.29 is 24.2 Å². The fourth-order valence-corrected chi connectivity index (χ4v) is 6.53. The van der Waals surface area contributed by atoms with Crippen LogP contribution in [0.4, 0.5) is 0 Å². The number of carbonyl (C=O) groups excluding carboxylic acids is 3. The Balaban J connectivity index is 1.35. The lowest BCUT2D eigenvalue weighted by atomic mass is 10.0. The van der Waals surface area contributed by atoms with E-state index in [1.165, 1.54) is 19.1 Å². The fourth-order valence-electron chi connectivity index (χ4n) is 6.53. The smallest absolute Gasteiger partial charge is 0.245 e. The number of benzene rings is 4. The van der Waals surface area contributed by atoms with Gasteiger partial charge in [-0.15, -0.1) is 0 Å². The Morgan fingerprint density at radius 2 is 1.56 bits per heavy atom. The third-order valence-corrected chi connectivity index (χ3v) is 8.95. The lowest BCUT2D eigenvalue weighted by molar-refractivity contribution is -0.138. The molecule has 0 saturated carbocycles. The molecule has 50 heavy (non-hydrogen) atoms. The van der Waals surface area contributed by atoms with Crippen molar-refractivity contribution in [1.82, 2.24) is 15.5 Å². The van der Waals surface area contributed by atoms with Gasteiger partial charge in [-0.25, -0.2) is 0 Å². The normalized spacial score (nSPS) is 16.7. The van der Waals surface area contributed by atoms with Crippen LogP contribution >= 0.6 is 0 Å². The third kappa shape index (κ3) is 10.2. The van der Waals surface area contributed by atoms with Crippen molar-refractivity contribution in [2.24, 2.45) is 22.4 Å². The molecule has 0 aliphatic carbocycles. The van der Waals surface area contributed by atoms with E-state index in [2.05, 4.69) is 21.7 Å². The first-order chi connectivity index (χ1) is 24.1. The number of nitrogens with two attached hydrogens (primary N) is 2. The van der Waals surface area contributed by atoms with Gasteiger partial charge in [0.2, 0.25) is 17.7 Å². The number of carbonyl (C=O) groups is 3. The highest BCUT2D eigenvalue weighted by atomic mass is 16.5. The maximum atomic E-state index is 14.5. The van der Waals surface area contributed by atoms with Gasteiger partial charge in [0.25, 0.3) is 0 Å². The number of aromatic hydroxyl groups is 1. The molecule has 262 valence electrons. The summed E-state index contributed by atoms with van der Waals surface area (Å²) >= 11 is 0. The first kappa shape index (κ1) is 35.7. The summed E-state index contributed by atoms with van der Waals surface area (Å²) in [5.74, 6) is -0.0852. The van der Waals surface area contributed by atoms with Gasteiger partial charge in [0.15, 0.2) is 5.96 Å². The highest BCUT2D eigenvalue weighted by Crippen LogP contribution is 2.29. The monoisotopic (exact) mass is 678 g/mol. The molecule has 0 unspecified atom stereocenters. The molecule has 0 bridgehead atoms. The lowest BCUT2D eigenvalue weighted by Gasteiger charge is -2.30. The van der Waals surface area contributed by atoms with Gasteiger partial charge in [-0.1, -0.05) is 72.8 Å². The third-order valence-electron chi connectivity index (χ3n) is 8.95. The Labute approximate surface area is 292 Å². The Morgan fingerprint density at radius 1 is 0.880 bits per heavy atom. The number of phenolic OH excluding ortho intramolecular Hbond substituents is 1. The number of hydrogen-bond donors (Lipinski definition) is 5. The second-order valence-electron chi connectivity index (χ2n) is 12.9. The number of nitrogens with one attached hydrogen (secondary N) is 2. The summed E-state index contributed by atoms with van der Waals surface area (Å²) < 4.78 is 6.27. The molecule has 5 rings (SSSR count). The Bertz CT molecular complexity index is 1780. The largest absolute Gasteiger partial charge is 0.508 e. The van der Waals surface area contributed by atoms with Crippen LogP contribution in [0.2, 0.25) is 0 Å². The van der Waals surface area contributed by atoms with Gasteiger partial charge >= 0.3 is 0 Å². The van der Waals surface area contributed by atoms with Crippen molar-refractivity contribution >= 4 is 34.5 Å². The zero-order valence-corrected chi connectivity index (χ0v) is 28.3. The average molecular weight is 679 g/mol. The van der Waals surface area contributed by atoms with Crippen LogP contribution in [0.1, 0.15) is 37.3 Å². The van der Waals surface area contributed by atoms with Crippen molar-refractivity contribution in [3.63, 3.8) is 0 Å². The van der Waals surface area contributed by atoms with Gasteiger partial charge in [0.05, 0.1) is 6.61 Å². The van der Waals surface area contributed by atoms with Crippen molar-refractivity contribution in [2.75, 3.05) is 19.7 Å². The zero-order valence-electron chi connectivity index (χ0n) is 28.3. The number of hydrogen-bond acceptors (Lipinski definition) is 6. The lowest BCUT2D eigenvalue weighted by Crippen LogP contribution is -2.56. The van der Waals surface area contributed by atoms with Crippen molar-refractivity contribution in [1.29, 1.82) is 0 Å². The molecule has 0 aromatic heterocycles. The first-order valence-corrected chi connectivity index (χ1v) is 17.0. The van der Waals surface area contributed by atoms with Gasteiger partial charge < -0.3 is 36.8 Å². The van der Waals surface area contributed by atoms with Crippen LogP contribution in [0.15, 0.2) is 102 Å². The summed E-state index contributed by atoms with van der Waals surface area (Å²) in [5.41, 5.74) is 12.7. The summed E-state index contributed by atoms with van der Waals surface area (Å²) in [5, 5.41) is 17.7. The summed E-state index contributed by atoms with van der Waals surface area (Å²) in [6, 6.07) is 28.2. The number of nitrogens with zero attached hydrogens (tertiary/aromatic N) is 2. The van der Waals surface area contributed by atoms with Crippen molar-refractivity contribution in [2.45, 2.75) is 57.2 Å². The summed E-state index contributed by atoms with van der Waals surface area (Å²) in [4.78, 5) is 46.5. The molecule has 7 N–H and O–H groups in total. The minimum Gasteiger partial charge on any atom is -0.508 e. The first-order valence-electron chi connectivity index (χ1n) is 17.0. The Hall–Kier alpha value is -5.58. The predicted molar refractivity (Wildman–Crippen MR) is 194 cm³/mol. The number of guanidine groups is 1. The maximum Gasteiger partial charge on any atom is 0.245 e. The molecule has 4 atom stereocenters. The van der Waals surface area contributed by atoms with E-state index in [0.29, 0.717) is 32.5 Å². The molecular weight excluding hydrogens is 632 g/mol. The molecule has 0 spiro atoms. The zero-order chi connectivity index (χ0) is 35.5. The van der Waals surface area contributed by atoms with E-state index >= 15 is 0 Å². The van der Waals surface area contributed by atoms with Crippen molar-refractivity contribution in [3.05, 3.63) is 108 Å². The number of rotatable bonds is 15. The van der Waals surface area contributed by atoms with E-state index in [1.807, 2.05) is 71.6 Å². The topological polar surface area (TPSA) is 172 Å². The van der Waals surface area contributed by atoms with Crippen LogP contribution in [0, 0.1) is 5.92 Å².